The average Bonchev–Trinajstić information content (AvgIpc) is 2.87. The van der Waals surface area contributed by atoms with E-state index >= 15 is 0 Å². The second kappa shape index (κ2) is 6.20. The summed E-state index contributed by atoms with van der Waals surface area (Å²) in [5.74, 6) is -1.06. The van der Waals surface area contributed by atoms with E-state index in [0.717, 1.165) is 6.07 Å². The Hall–Kier alpha value is -1.61. The van der Waals surface area contributed by atoms with Gasteiger partial charge in [0, 0.05) is 34.3 Å². The van der Waals surface area contributed by atoms with E-state index in [0.29, 0.717) is 48.2 Å². The van der Waals surface area contributed by atoms with Crippen molar-refractivity contribution in [2.24, 2.45) is 0 Å². The van der Waals surface area contributed by atoms with Gasteiger partial charge in [-0.3, -0.25) is 4.79 Å². The van der Waals surface area contributed by atoms with Gasteiger partial charge in [-0.15, -0.1) is 0 Å². The van der Waals surface area contributed by atoms with Crippen LogP contribution in [0.5, 0.6) is 0 Å². The van der Waals surface area contributed by atoms with Gasteiger partial charge in [0.15, 0.2) is 15.6 Å². The van der Waals surface area contributed by atoms with E-state index in [4.69, 9.17) is 0 Å². The van der Waals surface area contributed by atoms with Crippen LogP contribution in [0, 0.1) is 0 Å². The van der Waals surface area contributed by atoms with E-state index in [-0.39, 0.29) is 20.9 Å². The highest BCUT2D eigenvalue weighted by Gasteiger charge is 2.45. The molecule has 1 atom stereocenters. The second-order valence-electron chi connectivity index (χ2n) is 6.88. The SMILES string of the molecule is O=C1CCCC2=C1[C@H](c1ccc(C(F)(F)F)c(Br)c1)C1=C(CCS1(=O)=O)N2. The molecule has 4 rings (SSSR count). The minimum Gasteiger partial charge on any atom is -0.361 e. The molecule has 0 radical (unpaired) electrons. The number of allylic oxidation sites excluding steroid dienone is 4. The fourth-order valence-corrected chi connectivity index (χ4v) is 6.49. The van der Waals surface area contributed by atoms with Crippen molar-refractivity contribution in [1.29, 1.82) is 0 Å². The Kier molecular flexibility index (Phi) is 4.30. The highest BCUT2D eigenvalue weighted by Crippen LogP contribution is 2.48. The van der Waals surface area contributed by atoms with Crippen LogP contribution in [0.3, 0.4) is 0 Å². The zero-order chi connectivity index (χ0) is 19.6. The summed E-state index contributed by atoms with van der Waals surface area (Å²) in [5.41, 5.74) is 1.16. The lowest BCUT2D eigenvalue weighted by Crippen LogP contribution is -2.32. The maximum Gasteiger partial charge on any atom is 0.417 e. The first kappa shape index (κ1) is 18.7. The molecule has 1 N–H and O–H groups in total. The molecule has 0 unspecified atom stereocenters. The van der Waals surface area contributed by atoms with E-state index in [2.05, 4.69) is 21.2 Å². The van der Waals surface area contributed by atoms with Gasteiger partial charge in [0.1, 0.15) is 0 Å². The van der Waals surface area contributed by atoms with Crippen molar-refractivity contribution in [2.75, 3.05) is 5.75 Å². The van der Waals surface area contributed by atoms with Crippen LogP contribution in [0.1, 0.15) is 42.7 Å². The predicted molar refractivity (Wildman–Crippen MR) is 96.3 cm³/mol. The standard InChI is InChI=1S/C18H15BrF3NO3S/c19-11-8-9(4-5-10(11)18(20,21)22)15-16-12(2-1-3-14(16)24)23-13-6-7-27(25,26)17(13)15/h4-5,8,15,23H,1-3,6-7H2/t15-/m0/s1. The summed E-state index contributed by atoms with van der Waals surface area (Å²) in [6.45, 7) is 0. The molecule has 1 aromatic rings. The lowest BCUT2D eigenvalue weighted by atomic mass is 9.79. The van der Waals surface area contributed by atoms with Gasteiger partial charge in [-0.1, -0.05) is 22.0 Å². The number of Topliss-reactive ketones (excluding diaryl/α,β-unsaturated/α-hetero) is 1. The molecule has 0 bridgehead atoms. The Balaban J connectivity index is 1.91. The molecule has 4 nitrogen and oxygen atoms in total. The molecular formula is C18H15BrF3NO3S. The Morgan fingerprint density at radius 2 is 1.85 bits per heavy atom. The molecule has 0 fully saturated rings. The van der Waals surface area contributed by atoms with Gasteiger partial charge in [0.25, 0.3) is 0 Å². The van der Waals surface area contributed by atoms with Gasteiger partial charge in [-0.05, 0) is 30.5 Å². The van der Waals surface area contributed by atoms with Crippen LogP contribution in [0.15, 0.2) is 44.5 Å². The van der Waals surface area contributed by atoms with Crippen molar-refractivity contribution in [3.8, 4) is 0 Å². The molecule has 0 saturated heterocycles. The number of halogens is 4. The lowest BCUT2D eigenvalue weighted by molar-refractivity contribution is -0.138. The highest BCUT2D eigenvalue weighted by atomic mass is 79.9. The Labute approximate surface area is 162 Å². The van der Waals surface area contributed by atoms with E-state index in [1.807, 2.05) is 0 Å². The molecule has 9 heteroatoms. The van der Waals surface area contributed by atoms with Gasteiger partial charge < -0.3 is 5.32 Å². The third-order valence-corrected chi connectivity index (χ3v) is 7.74. The molecule has 144 valence electrons. The highest BCUT2D eigenvalue weighted by molar-refractivity contribution is 9.10. The molecule has 3 aliphatic rings. The summed E-state index contributed by atoms with van der Waals surface area (Å²) in [6.07, 6.45) is -2.61. The van der Waals surface area contributed by atoms with Gasteiger partial charge >= 0.3 is 6.18 Å². The van der Waals surface area contributed by atoms with Gasteiger partial charge in [-0.2, -0.15) is 13.2 Å². The Bertz CT molecular complexity index is 1020. The molecule has 27 heavy (non-hydrogen) atoms. The number of carbonyl (C=O) groups excluding carboxylic acids is 1. The Morgan fingerprint density at radius 3 is 2.52 bits per heavy atom. The number of dihydropyridines is 1. The van der Waals surface area contributed by atoms with Crippen LogP contribution in [0.4, 0.5) is 13.2 Å². The van der Waals surface area contributed by atoms with Crippen LogP contribution < -0.4 is 5.32 Å². The average molecular weight is 462 g/mol. The quantitative estimate of drug-likeness (QED) is 0.680. The van der Waals surface area contributed by atoms with Gasteiger partial charge in [-0.25, -0.2) is 8.42 Å². The van der Waals surface area contributed by atoms with Crippen molar-refractivity contribution in [1.82, 2.24) is 5.32 Å². The maximum absolute atomic E-state index is 13.1. The fraction of sp³-hybridized carbons (Fsp3) is 0.389. The molecule has 1 aromatic carbocycles. The molecular weight excluding hydrogens is 447 g/mol. The first-order valence-corrected chi connectivity index (χ1v) is 10.9. The number of nitrogens with one attached hydrogen (secondary N) is 1. The number of rotatable bonds is 1. The second-order valence-corrected chi connectivity index (χ2v) is 9.81. The van der Waals surface area contributed by atoms with Crippen molar-refractivity contribution in [3.63, 3.8) is 0 Å². The molecule has 2 heterocycles. The number of carbonyl (C=O) groups is 1. The first-order valence-electron chi connectivity index (χ1n) is 8.45. The largest absolute Gasteiger partial charge is 0.417 e. The van der Waals surface area contributed by atoms with Crippen molar-refractivity contribution < 1.29 is 26.4 Å². The minimum atomic E-state index is -4.53. The zero-order valence-electron chi connectivity index (χ0n) is 14.0. The number of sulfone groups is 1. The van der Waals surface area contributed by atoms with E-state index in [9.17, 15) is 26.4 Å². The summed E-state index contributed by atoms with van der Waals surface area (Å²) in [6, 6.07) is 3.48. The summed E-state index contributed by atoms with van der Waals surface area (Å²) in [5, 5.41) is 3.12. The molecule has 1 aliphatic carbocycles. The molecule has 2 aliphatic heterocycles. The minimum absolute atomic E-state index is 0.0578. The number of ketones is 1. The van der Waals surface area contributed by atoms with Gasteiger partial charge in [0.2, 0.25) is 0 Å². The summed E-state index contributed by atoms with van der Waals surface area (Å²) in [7, 11) is -3.58. The maximum atomic E-state index is 13.1. The number of alkyl halides is 3. The fourth-order valence-electron chi connectivity index (χ4n) is 4.04. The van der Waals surface area contributed by atoms with Crippen LogP contribution in [0.2, 0.25) is 0 Å². The van der Waals surface area contributed by atoms with Crippen molar-refractivity contribution in [3.05, 3.63) is 55.7 Å². The molecule has 0 aromatic heterocycles. The van der Waals surface area contributed by atoms with Crippen LogP contribution >= 0.6 is 15.9 Å². The predicted octanol–water partition coefficient (Wildman–Crippen LogP) is 4.19. The van der Waals surface area contributed by atoms with Crippen LogP contribution in [-0.2, 0) is 20.8 Å². The third-order valence-electron chi connectivity index (χ3n) is 5.19. The monoisotopic (exact) mass is 461 g/mol. The lowest BCUT2D eigenvalue weighted by Gasteiger charge is -2.33. The molecule has 0 saturated carbocycles. The normalized spacial score (nSPS) is 24.6. The summed E-state index contributed by atoms with van der Waals surface area (Å²) in [4.78, 5) is 12.7. The van der Waals surface area contributed by atoms with E-state index in [1.165, 1.54) is 12.1 Å². The smallest absolute Gasteiger partial charge is 0.361 e. The van der Waals surface area contributed by atoms with Crippen LogP contribution in [0.25, 0.3) is 0 Å². The number of hydrogen-bond donors (Lipinski definition) is 1. The summed E-state index contributed by atoms with van der Waals surface area (Å²) >= 11 is 2.95. The van der Waals surface area contributed by atoms with E-state index in [1.54, 1.807) is 0 Å². The summed E-state index contributed by atoms with van der Waals surface area (Å²) < 4.78 is 64.4. The Morgan fingerprint density at radius 1 is 1.11 bits per heavy atom. The van der Waals surface area contributed by atoms with E-state index < -0.39 is 27.5 Å². The van der Waals surface area contributed by atoms with Gasteiger partial charge in [0.05, 0.1) is 22.1 Å². The third kappa shape index (κ3) is 3.04. The number of benzene rings is 1. The topological polar surface area (TPSA) is 63.2 Å². The zero-order valence-corrected chi connectivity index (χ0v) is 16.4. The molecule has 0 amide bonds. The number of hydrogen-bond acceptors (Lipinski definition) is 4. The van der Waals surface area contributed by atoms with Crippen molar-refractivity contribution in [2.45, 2.75) is 37.8 Å². The first-order chi connectivity index (χ1) is 12.6. The van der Waals surface area contributed by atoms with Crippen molar-refractivity contribution >= 4 is 31.6 Å². The van der Waals surface area contributed by atoms with Crippen LogP contribution in [-0.4, -0.2) is 20.0 Å². The molecule has 0 spiro atoms.